The van der Waals surface area contributed by atoms with Gasteiger partial charge in [0.1, 0.15) is 6.42 Å². The van der Waals surface area contributed by atoms with Crippen molar-refractivity contribution in [1.29, 1.82) is 5.26 Å². The van der Waals surface area contributed by atoms with Crippen LogP contribution in [-0.4, -0.2) is 16.3 Å². The molecule has 0 fully saturated rings. The molecule has 1 aromatic heterocycles. The van der Waals surface area contributed by atoms with E-state index in [1.54, 1.807) is 0 Å². The van der Waals surface area contributed by atoms with Crippen molar-refractivity contribution in [2.45, 2.75) is 12.8 Å². The number of nitro groups is 1. The Labute approximate surface area is 96.6 Å². The van der Waals surface area contributed by atoms with Crippen molar-refractivity contribution in [3.8, 4) is 11.8 Å². The van der Waals surface area contributed by atoms with Crippen molar-refractivity contribution < 1.29 is 27.2 Å². The predicted molar refractivity (Wildman–Crippen MR) is 46.8 cm³/mol. The van der Waals surface area contributed by atoms with Gasteiger partial charge < -0.3 is 14.9 Å². The van der Waals surface area contributed by atoms with Gasteiger partial charge in [-0.25, -0.2) is 0 Å². The van der Waals surface area contributed by atoms with Gasteiger partial charge in [-0.3, -0.25) is 0 Å². The summed E-state index contributed by atoms with van der Waals surface area (Å²) >= 11 is 0. The summed E-state index contributed by atoms with van der Waals surface area (Å²) in [4.78, 5) is 12.1. The SMILES string of the molecule is N#CCc1nc([N+](=O)[O-])c(F)cc1OC(F)(F)F. The molecule has 0 aliphatic heterocycles. The van der Waals surface area contributed by atoms with Crippen molar-refractivity contribution in [3.05, 3.63) is 27.7 Å². The second-order valence-corrected chi connectivity index (χ2v) is 2.88. The Morgan fingerprint density at radius 1 is 1.56 bits per heavy atom. The second-order valence-electron chi connectivity index (χ2n) is 2.88. The number of rotatable bonds is 3. The number of hydrogen-bond donors (Lipinski definition) is 0. The molecule has 0 aliphatic rings. The van der Waals surface area contributed by atoms with E-state index in [1.807, 2.05) is 0 Å². The lowest BCUT2D eigenvalue weighted by atomic mass is 10.2. The fourth-order valence-corrected chi connectivity index (χ4v) is 1.04. The molecule has 0 radical (unpaired) electrons. The fourth-order valence-electron chi connectivity index (χ4n) is 1.04. The molecule has 0 saturated heterocycles. The van der Waals surface area contributed by atoms with Crippen molar-refractivity contribution in [3.63, 3.8) is 0 Å². The average molecular weight is 265 g/mol. The first kappa shape index (κ1) is 13.6. The van der Waals surface area contributed by atoms with Crippen molar-refractivity contribution in [1.82, 2.24) is 4.98 Å². The number of ether oxygens (including phenoxy) is 1. The molecule has 10 heteroatoms. The van der Waals surface area contributed by atoms with Gasteiger partial charge in [0.15, 0.2) is 5.75 Å². The molecule has 1 heterocycles. The molecule has 18 heavy (non-hydrogen) atoms. The van der Waals surface area contributed by atoms with Crippen LogP contribution in [0.4, 0.5) is 23.4 Å². The van der Waals surface area contributed by atoms with Gasteiger partial charge in [0.2, 0.25) is 11.5 Å². The minimum Gasteiger partial charge on any atom is -0.401 e. The average Bonchev–Trinajstić information content (AvgIpc) is 2.19. The van der Waals surface area contributed by atoms with E-state index in [-0.39, 0.29) is 6.07 Å². The molecular weight excluding hydrogens is 262 g/mol. The third kappa shape index (κ3) is 3.27. The van der Waals surface area contributed by atoms with E-state index in [2.05, 4.69) is 9.72 Å². The summed E-state index contributed by atoms with van der Waals surface area (Å²) in [5, 5.41) is 18.7. The highest BCUT2D eigenvalue weighted by molar-refractivity contribution is 5.37. The lowest BCUT2D eigenvalue weighted by Crippen LogP contribution is -2.19. The van der Waals surface area contributed by atoms with Crippen LogP contribution >= 0.6 is 0 Å². The molecule has 1 aromatic rings. The van der Waals surface area contributed by atoms with E-state index in [9.17, 15) is 27.7 Å². The number of halogens is 4. The van der Waals surface area contributed by atoms with Gasteiger partial charge in [0.25, 0.3) is 0 Å². The summed E-state index contributed by atoms with van der Waals surface area (Å²) in [6.07, 6.45) is -5.80. The topological polar surface area (TPSA) is 89.0 Å². The molecule has 0 amide bonds. The highest BCUT2D eigenvalue weighted by atomic mass is 19.4. The lowest BCUT2D eigenvalue weighted by Gasteiger charge is -2.09. The molecule has 0 unspecified atom stereocenters. The van der Waals surface area contributed by atoms with Crippen LogP contribution in [0, 0.1) is 27.3 Å². The second kappa shape index (κ2) is 4.82. The molecular formula is C8H3F4N3O3. The minimum atomic E-state index is -5.12. The van der Waals surface area contributed by atoms with Gasteiger partial charge in [-0.05, 0) is 9.91 Å². The first-order valence-electron chi connectivity index (χ1n) is 4.21. The Kier molecular flexibility index (Phi) is 3.65. The molecule has 0 atom stereocenters. The fraction of sp³-hybridized carbons (Fsp3) is 0.250. The summed E-state index contributed by atoms with van der Waals surface area (Å²) in [5.74, 6) is -3.93. The van der Waals surface area contributed by atoms with Gasteiger partial charge in [-0.1, -0.05) is 0 Å². The van der Waals surface area contributed by atoms with Crippen LogP contribution in [0.1, 0.15) is 5.69 Å². The quantitative estimate of drug-likeness (QED) is 0.474. The molecule has 0 N–H and O–H groups in total. The number of alkyl halides is 3. The third-order valence-corrected chi connectivity index (χ3v) is 1.64. The zero-order valence-electron chi connectivity index (χ0n) is 8.36. The monoisotopic (exact) mass is 265 g/mol. The standard InChI is InChI=1S/C8H3F4N3O3/c9-4-3-6(18-8(10,11)12)5(1-2-13)14-7(4)15(16)17/h3H,1H2. The van der Waals surface area contributed by atoms with E-state index < -0.39 is 40.8 Å². The van der Waals surface area contributed by atoms with Crippen LogP contribution in [0.15, 0.2) is 6.07 Å². The maximum Gasteiger partial charge on any atom is 0.573 e. The van der Waals surface area contributed by atoms with Crippen LogP contribution in [0.5, 0.6) is 5.75 Å². The van der Waals surface area contributed by atoms with E-state index in [0.29, 0.717) is 0 Å². The van der Waals surface area contributed by atoms with Crippen molar-refractivity contribution >= 4 is 5.82 Å². The molecule has 0 aliphatic carbocycles. The summed E-state index contributed by atoms with van der Waals surface area (Å²) in [6, 6.07) is 1.61. The highest BCUT2D eigenvalue weighted by Gasteiger charge is 2.35. The summed E-state index contributed by atoms with van der Waals surface area (Å²) in [5.41, 5.74) is -0.664. The molecule has 0 bridgehead atoms. The Balaban J connectivity index is 3.29. The van der Waals surface area contributed by atoms with Crippen LogP contribution in [-0.2, 0) is 6.42 Å². The Bertz CT molecular complexity index is 524. The number of nitriles is 1. The zero-order chi connectivity index (χ0) is 13.9. The van der Waals surface area contributed by atoms with E-state index >= 15 is 0 Å². The molecule has 6 nitrogen and oxygen atoms in total. The van der Waals surface area contributed by atoms with Gasteiger partial charge in [-0.2, -0.15) is 9.65 Å². The summed E-state index contributed by atoms with van der Waals surface area (Å²) < 4.78 is 52.4. The number of aromatic nitrogens is 1. The first-order chi connectivity index (χ1) is 8.24. The van der Waals surface area contributed by atoms with Gasteiger partial charge in [0.05, 0.1) is 6.07 Å². The molecule has 0 saturated carbocycles. The van der Waals surface area contributed by atoms with Crippen LogP contribution in [0.25, 0.3) is 0 Å². The van der Waals surface area contributed by atoms with E-state index in [4.69, 9.17) is 5.26 Å². The lowest BCUT2D eigenvalue weighted by molar-refractivity contribution is -0.392. The summed E-state index contributed by atoms with van der Waals surface area (Å²) in [6.45, 7) is 0. The van der Waals surface area contributed by atoms with Crippen LogP contribution in [0.3, 0.4) is 0 Å². The van der Waals surface area contributed by atoms with Crippen LogP contribution < -0.4 is 4.74 Å². The third-order valence-electron chi connectivity index (χ3n) is 1.64. The predicted octanol–water partition coefficient (Wildman–Crippen LogP) is 2.09. The normalized spacial score (nSPS) is 10.8. The molecule has 1 rings (SSSR count). The number of hydrogen-bond acceptors (Lipinski definition) is 5. The highest BCUT2D eigenvalue weighted by Crippen LogP contribution is 2.29. The summed E-state index contributed by atoms with van der Waals surface area (Å²) in [7, 11) is 0. The molecule has 0 spiro atoms. The number of pyridine rings is 1. The Hall–Kier alpha value is -2.44. The number of nitrogens with zero attached hydrogens (tertiary/aromatic N) is 3. The smallest absolute Gasteiger partial charge is 0.401 e. The maximum atomic E-state index is 13.1. The van der Waals surface area contributed by atoms with Gasteiger partial charge in [0, 0.05) is 6.07 Å². The van der Waals surface area contributed by atoms with Gasteiger partial charge >= 0.3 is 12.2 Å². The molecule has 96 valence electrons. The largest absolute Gasteiger partial charge is 0.573 e. The first-order valence-corrected chi connectivity index (χ1v) is 4.21. The maximum absolute atomic E-state index is 13.1. The Morgan fingerprint density at radius 2 is 2.17 bits per heavy atom. The van der Waals surface area contributed by atoms with E-state index in [0.717, 1.165) is 0 Å². The van der Waals surface area contributed by atoms with E-state index in [1.165, 1.54) is 6.07 Å². The Morgan fingerprint density at radius 3 is 2.61 bits per heavy atom. The van der Waals surface area contributed by atoms with Gasteiger partial charge in [-0.15, -0.1) is 13.2 Å². The van der Waals surface area contributed by atoms with Crippen molar-refractivity contribution in [2.75, 3.05) is 0 Å². The van der Waals surface area contributed by atoms with Crippen molar-refractivity contribution in [2.24, 2.45) is 0 Å². The zero-order valence-corrected chi connectivity index (χ0v) is 8.36. The molecule has 0 aromatic carbocycles. The minimum absolute atomic E-state index is 0.172. The van der Waals surface area contributed by atoms with Crippen LogP contribution in [0.2, 0.25) is 0 Å².